The van der Waals surface area contributed by atoms with E-state index >= 15 is 0 Å². The summed E-state index contributed by atoms with van der Waals surface area (Å²) < 4.78 is 5.61. The molecule has 1 aromatic carbocycles. The Hall–Kier alpha value is -2.38. The molecule has 2 atom stereocenters. The van der Waals surface area contributed by atoms with Crippen molar-refractivity contribution in [3.05, 3.63) is 59.4 Å². The molecule has 2 amide bonds. The van der Waals surface area contributed by atoms with E-state index in [1.807, 2.05) is 24.3 Å². The molecule has 1 aliphatic rings. The Kier molecular flexibility index (Phi) is 5.90. The highest BCUT2D eigenvalue weighted by molar-refractivity contribution is 8.15. The first-order valence-corrected chi connectivity index (χ1v) is 9.29. The number of aryl methyl sites for hydroxylation is 1. The molecule has 1 fully saturated rings. The first kappa shape index (κ1) is 18.4. The number of thioether (sulfide) groups is 1. The lowest BCUT2D eigenvalue weighted by Crippen LogP contribution is -2.25. The van der Waals surface area contributed by atoms with Gasteiger partial charge in [-0.1, -0.05) is 36.9 Å². The maximum absolute atomic E-state index is 11.6. The lowest BCUT2D eigenvalue weighted by Gasteiger charge is -2.13. The van der Waals surface area contributed by atoms with Crippen LogP contribution in [0.2, 0.25) is 0 Å². The summed E-state index contributed by atoms with van der Waals surface area (Å²) in [4.78, 5) is 27.0. The zero-order valence-electron chi connectivity index (χ0n) is 14.3. The molecule has 0 saturated carbocycles. The van der Waals surface area contributed by atoms with Crippen LogP contribution in [-0.4, -0.2) is 33.1 Å². The molecule has 0 spiro atoms. The number of nitrogens with zero attached hydrogens (tertiary/aromatic N) is 1. The summed E-state index contributed by atoms with van der Waals surface area (Å²) in [6, 6.07) is 11.0. The molecule has 136 valence electrons. The van der Waals surface area contributed by atoms with E-state index in [9.17, 15) is 14.7 Å². The molecule has 2 aromatic rings. The molecular weight excluding hydrogens is 352 g/mol. The van der Waals surface area contributed by atoms with Crippen LogP contribution >= 0.6 is 11.8 Å². The minimum absolute atomic E-state index is 0.104. The highest BCUT2D eigenvalue weighted by atomic mass is 32.2. The number of ether oxygens (including phenoxy) is 1. The van der Waals surface area contributed by atoms with E-state index in [0.717, 1.165) is 29.3 Å². The number of imide groups is 1. The van der Waals surface area contributed by atoms with Crippen molar-refractivity contribution in [2.24, 2.45) is 0 Å². The van der Waals surface area contributed by atoms with Gasteiger partial charge in [-0.15, -0.1) is 0 Å². The van der Waals surface area contributed by atoms with Gasteiger partial charge in [-0.25, -0.2) is 0 Å². The second kappa shape index (κ2) is 8.33. The number of aliphatic hydroxyl groups is 1. The van der Waals surface area contributed by atoms with Crippen LogP contribution in [0, 0.1) is 0 Å². The first-order valence-electron chi connectivity index (χ1n) is 8.41. The number of carbonyl (C=O) groups is 2. The van der Waals surface area contributed by atoms with Crippen LogP contribution in [0.4, 0.5) is 4.79 Å². The lowest BCUT2D eigenvalue weighted by atomic mass is 10.1. The molecule has 2 N–H and O–H groups in total. The number of hydrogen-bond acceptors (Lipinski definition) is 6. The molecule has 1 aromatic heterocycles. The molecule has 6 nitrogen and oxygen atoms in total. The van der Waals surface area contributed by atoms with Crippen molar-refractivity contribution >= 4 is 22.9 Å². The summed E-state index contributed by atoms with van der Waals surface area (Å²) in [5.41, 5.74) is 2.64. The van der Waals surface area contributed by atoms with Gasteiger partial charge >= 0.3 is 0 Å². The normalized spacial score (nSPS) is 17.8. The van der Waals surface area contributed by atoms with Crippen LogP contribution in [0.3, 0.4) is 0 Å². The molecule has 2 heterocycles. The number of nitrogens with one attached hydrogen (secondary N) is 1. The Labute approximate surface area is 156 Å². The van der Waals surface area contributed by atoms with Gasteiger partial charge in [-0.05, 0) is 42.2 Å². The molecule has 0 unspecified atom stereocenters. The van der Waals surface area contributed by atoms with E-state index in [1.54, 1.807) is 18.3 Å². The summed E-state index contributed by atoms with van der Waals surface area (Å²) in [6.45, 7) is 2.16. The van der Waals surface area contributed by atoms with E-state index < -0.39 is 6.10 Å². The van der Waals surface area contributed by atoms with Gasteiger partial charge in [0.25, 0.3) is 5.24 Å². The molecule has 3 rings (SSSR count). The summed E-state index contributed by atoms with van der Waals surface area (Å²) >= 11 is 1.02. The summed E-state index contributed by atoms with van der Waals surface area (Å²) in [7, 11) is 0. The average molecular weight is 372 g/mol. The third-order valence-electron chi connectivity index (χ3n) is 4.12. The minimum Gasteiger partial charge on any atom is -0.490 e. The van der Waals surface area contributed by atoms with Gasteiger partial charge in [0.1, 0.15) is 18.5 Å². The van der Waals surface area contributed by atoms with Crippen molar-refractivity contribution in [3.63, 3.8) is 0 Å². The number of pyridine rings is 1. The van der Waals surface area contributed by atoms with Crippen molar-refractivity contribution in [2.75, 3.05) is 6.61 Å². The quantitative estimate of drug-likeness (QED) is 0.777. The largest absolute Gasteiger partial charge is 0.490 e. The van der Waals surface area contributed by atoms with Crippen LogP contribution < -0.4 is 10.1 Å². The third kappa shape index (κ3) is 4.62. The highest BCUT2D eigenvalue weighted by Gasteiger charge is 2.31. The number of rotatable bonds is 7. The first-order chi connectivity index (χ1) is 12.5. The maximum Gasteiger partial charge on any atom is 0.286 e. The van der Waals surface area contributed by atoms with Gasteiger partial charge in [0.2, 0.25) is 5.91 Å². The zero-order valence-corrected chi connectivity index (χ0v) is 15.2. The van der Waals surface area contributed by atoms with E-state index in [4.69, 9.17) is 4.74 Å². The van der Waals surface area contributed by atoms with Crippen molar-refractivity contribution < 1.29 is 19.4 Å². The molecule has 1 saturated heterocycles. The average Bonchev–Trinajstić information content (AvgIpc) is 2.98. The van der Waals surface area contributed by atoms with Crippen molar-refractivity contribution in [1.82, 2.24) is 10.3 Å². The van der Waals surface area contributed by atoms with E-state index in [-0.39, 0.29) is 23.0 Å². The van der Waals surface area contributed by atoms with Crippen molar-refractivity contribution in [2.45, 2.75) is 31.1 Å². The van der Waals surface area contributed by atoms with Gasteiger partial charge in [0.05, 0.1) is 10.9 Å². The van der Waals surface area contributed by atoms with Crippen LogP contribution in [-0.2, 0) is 17.6 Å². The number of hydrogen-bond donors (Lipinski definition) is 2. The summed E-state index contributed by atoms with van der Waals surface area (Å²) in [5, 5.41) is 11.8. The van der Waals surface area contributed by atoms with Crippen LogP contribution in [0.25, 0.3) is 0 Å². The summed E-state index contributed by atoms with van der Waals surface area (Å²) in [5.74, 6) is 0.377. The Morgan fingerprint density at radius 2 is 1.92 bits per heavy atom. The van der Waals surface area contributed by atoms with Crippen LogP contribution in [0.15, 0.2) is 42.6 Å². The highest BCUT2D eigenvalue weighted by Crippen LogP contribution is 2.24. The van der Waals surface area contributed by atoms with Crippen LogP contribution in [0.1, 0.15) is 29.8 Å². The molecular formula is C19H20N2O4S. The van der Waals surface area contributed by atoms with Gasteiger partial charge in [-0.3, -0.25) is 19.9 Å². The summed E-state index contributed by atoms with van der Waals surface area (Å²) in [6.07, 6.45) is 2.35. The number of benzene rings is 1. The molecule has 0 radical (unpaired) electrons. The molecule has 0 bridgehead atoms. The van der Waals surface area contributed by atoms with E-state index in [2.05, 4.69) is 17.2 Å². The number of aromatic nitrogens is 1. The Balaban J connectivity index is 1.52. The smallest absolute Gasteiger partial charge is 0.286 e. The number of carbonyl (C=O) groups excluding carboxylic acids is 2. The fourth-order valence-electron chi connectivity index (χ4n) is 2.57. The minimum atomic E-state index is -0.801. The second-order valence-corrected chi connectivity index (χ2v) is 7.18. The topological polar surface area (TPSA) is 88.5 Å². The number of aliphatic hydroxyl groups excluding tert-OH is 1. The Morgan fingerprint density at radius 3 is 2.50 bits per heavy atom. The monoisotopic (exact) mass is 372 g/mol. The van der Waals surface area contributed by atoms with Crippen LogP contribution in [0.5, 0.6) is 5.75 Å². The van der Waals surface area contributed by atoms with Crippen molar-refractivity contribution in [1.29, 1.82) is 0 Å². The zero-order chi connectivity index (χ0) is 18.5. The van der Waals surface area contributed by atoms with Crippen molar-refractivity contribution in [3.8, 4) is 5.75 Å². The van der Waals surface area contributed by atoms with E-state index in [0.29, 0.717) is 17.9 Å². The van der Waals surface area contributed by atoms with Gasteiger partial charge < -0.3 is 9.84 Å². The predicted molar refractivity (Wildman–Crippen MR) is 99.1 cm³/mol. The van der Waals surface area contributed by atoms with Gasteiger partial charge in [-0.2, -0.15) is 0 Å². The fourth-order valence-corrected chi connectivity index (χ4v) is 3.43. The fraction of sp³-hybridized carbons (Fsp3) is 0.316. The third-order valence-corrected chi connectivity index (χ3v) is 5.10. The molecule has 1 aliphatic heterocycles. The molecule has 26 heavy (non-hydrogen) atoms. The number of amides is 2. The van der Waals surface area contributed by atoms with E-state index in [1.165, 1.54) is 0 Å². The second-order valence-electron chi connectivity index (χ2n) is 6.00. The Morgan fingerprint density at radius 1 is 1.19 bits per heavy atom. The van der Waals surface area contributed by atoms with Gasteiger partial charge in [0, 0.05) is 6.20 Å². The standard InChI is InChI=1S/C19H20N2O4S/c1-2-12-5-8-15(20-10-12)16(22)11-25-14-6-3-13(4-7-14)9-17-18(23)21-19(24)26-17/h3-8,10,16-17,22H,2,9,11H2,1H3,(H,21,23,24)/t16-,17-/m1/s1. The molecule has 7 heteroatoms. The SMILES string of the molecule is CCc1ccc([C@H](O)COc2ccc(C[C@H]3SC(=O)NC3=O)cc2)nc1. The molecule has 0 aliphatic carbocycles. The maximum atomic E-state index is 11.6. The predicted octanol–water partition coefficient (Wildman–Crippen LogP) is 2.65. The lowest BCUT2D eigenvalue weighted by molar-refractivity contribution is -0.118. The Bertz CT molecular complexity index is 777. The van der Waals surface area contributed by atoms with Gasteiger partial charge in [0.15, 0.2) is 0 Å².